The van der Waals surface area contributed by atoms with Gasteiger partial charge in [-0.1, -0.05) is 35.9 Å². The Morgan fingerprint density at radius 2 is 1.91 bits per heavy atom. The fraction of sp³-hybridized carbons (Fsp3) is 0.462. The molecule has 2 aliphatic rings. The average molecular weight is 450 g/mol. The Morgan fingerprint density at radius 1 is 1.12 bits per heavy atom. The van der Waals surface area contributed by atoms with Crippen LogP contribution in [0.3, 0.4) is 0 Å². The molecule has 2 heterocycles. The van der Waals surface area contributed by atoms with E-state index in [1.165, 1.54) is 11.3 Å². The molecule has 1 fully saturated rings. The van der Waals surface area contributed by atoms with Crippen molar-refractivity contribution in [2.45, 2.75) is 38.3 Å². The molecule has 2 aromatic carbocycles. The molecule has 0 radical (unpaired) electrons. The van der Waals surface area contributed by atoms with Crippen LogP contribution in [-0.4, -0.2) is 63.1 Å². The Balaban J connectivity index is 1.48. The third-order valence-electron chi connectivity index (χ3n) is 6.30. The van der Waals surface area contributed by atoms with Crippen LogP contribution in [0.25, 0.3) is 0 Å². The van der Waals surface area contributed by atoms with Gasteiger partial charge in [0.15, 0.2) is 5.96 Å². The molecule has 0 saturated carbocycles. The molecule has 0 bridgehead atoms. The van der Waals surface area contributed by atoms with Crippen molar-refractivity contribution in [3.63, 3.8) is 0 Å². The lowest BCUT2D eigenvalue weighted by molar-refractivity contribution is -0.127. The molecule has 33 heavy (non-hydrogen) atoms. The van der Waals surface area contributed by atoms with Crippen LogP contribution >= 0.6 is 0 Å². The predicted octanol–water partition coefficient (Wildman–Crippen LogP) is 3.11. The minimum atomic E-state index is -0.0200. The zero-order valence-corrected chi connectivity index (χ0v) is 19.9. The Morgan fingerprint density at radius 3 is 2.70 bits per heavy atom. The maximum Gasteiger partial charge on any atom is 0.243 e. The lowest BCUT2D eigenvalue weighted by atomic mass is 10.0. The number of carbonyl (C=O) groups is 1. The highest BCUT2D eigenvalue weighted by atomic mass is 16.5. The van der Waals surface area contributed by atoms with Crippen LogP contribution in [0.1, 0.15) is 36.4 Å². The molecule has 1 saturated heterocycles. The summed E-state index contributed by atoms with van der Waals surface area (Å²) in [5.41, 5.74) is 3.65. The highest BCUT2D eigenvalue weighted by molar-refractivity contribution is 5.85. The average Bonchev–Trinajstić information content (AvgIpc) is 2.83. The van der Waals surface area contributed by atoms with Crippen molar-refractivity contribution in [2.24, 2.45) is 4.99 Å². The van der Waals surface area contributed by atoms with Crippen LogP contribution in [0, 0.1) is 6.92 Å². The molecule has 2 aliphatic heterocycles. The Kier molecular flexibility index (Phi) is 7.37. The summed E-state index contributed by atoms with van der Waals surface area (Å²) in [6, 6.07) is 17.2. The van der Waals surface area contributed by atoms with Gasteiger partial charge in [0.05, 0.1) is 12.6 Å². The zero-order chi connectivity index (χ0) is 23.2. The number of para-hydroxylation sites is 1. The standard InChI is InChI=1S/C26H35N5O2/c1-19-10-12-21(13-11-19)31-15-6-7-20(18-31)28-26(27-17-25(32)30(2)3)29-23-14-16-33-24-9-5-4-8-22(23)24/h4-5,8-13,20,23H,6-7,14-18H2,1-3H3,(H2,27,28,29). The summed E-state index contributed by atoms with van der Waals surface area (Å²) < 4.78 is 5.82. The lowest BCUT2D eigenvalue weighted by Crippen LogP contribution is -2.52. The second-order valence-electron chi connectivity index (χ2n) is 9.09. The van der Waals surface area contributed by atoms with Gasteiger partial charge in [-0.05, 0) is 38.0 Å². The number of likely N-dealkylation sites (N-methyl/N-ethyl adjacent to an activating group) is 1. The van der Waals surface area contributed by atoms with Gasteiger partial charge in [0, 0.05) is 50.9 Å². The number of benzene rings is 2. The number of aliphatic imine (C=N–C) groups is 1. The van der Waals surface area contributed by atoms with Gasteiger partial charge in [0.1, 0.15) is 12.3 Å². The van der Waals surface area contributed by atoms with E-state index in [1.54, 1.807) is 19.0 Å². The van der Waals surface area contributed by atoms with E-state index in [-0.39, 0.29) is 24.5 Å². The number of hydrogen-bond acceptors (Lipinski definition) is 4. The molecule has 176 valence electrons. The fourth-order valence-electron chi connectivity index (χ4n) is 4.36. The molecular weight excluding hydrogens is 414 g/mol. The second-order valence-corrected chi connectivity index (χ2v) is 9.09. The Labute approximate surface area is 196 Å². The summed E-state index contributed by atoms with van der Waals surface area (Å²) in [5.74, 6) is 1.57. The molecule has 0 aliphatic carbocycles. The number of rotatable bonds is 5. The van der Waals surface area contributed by atoms with Crippen molar-refractivity contribution in [3.05, 3.63) is 59.7 Å². The van der Waals surface area contributed by atoms with Crippen LogP contribution in [0.2, 0.25) is 0 Å². The van der Waals surface area contributed by atoms with Crippen LogP contribution in [-0.2, 0) is 4.79 Å². The fourth-order valence-corrected chi connectivity index (χ4v) is 4.36. The molecule has 7 nitrogen and oxygen atoms in total. The lowest BCUT2D eigenvalue weighted by Gasteiger charge is -2.36. The van der Waals surface area contributed by atoms with E-state index in [0.717, 1.165) is 43.7 Å². The molecule has 2 N–H and O–H groups in total. The Bertz CT molecular complexity index is 973. The van der Waals surface area contributed by atoms with Crippen molar-refractivity contribution in [1.82, 2.24) is 15.5 Å². The molecule has 7 heteroatoms. The largest absolute Gasteiger partial charge is 0.493 e. The third-order valence-corrected chi connectivity index (χ3v) is 6.30. The van der Waals surface area contributed by atoms with Gasteiger partial charge in [-0.15, -0.1) is 0 Å². The number of nitrogens with one attached hydrogen (secondary N) is 2. The first-order valence-corrected chi connectivity index (χ1v) is 11.8. The van der Waals surface area contributed by atoms with E-state index in [9.17, 15) is 4.79 Å². The monoisotopic (exact) mass is 449 g/mol. The van der Waals surface area contributed by atoms with Gasteiger partial charge in [-0.2, -0.15) is 0 Å². The van der Waals surface area contributed by atoms with Gasteiger partial charge < -0.3 is 25.2 Å². The predicted molar refractivity (Wildman–Crippen MR) is 133 cm³/mol. The summed E-state index contributed by atoms with van der Waals surface area (Å²) in [4.78, 5) is 20.9. The van der Waals surface area contributed by atoms with E-state index < -0.39 is 0 Å². The van der Waals surface area contributed by atoms with E-state index in [1.807, 2.05) is 18.2 Å². The number of fused-ring (bicyclic) bond motifs is 1. The van der Waals surface area contributed by atoms with Crippen molar-refractivity contribution in [2.75, 3.05) is 45.2 Å². The first-order chi connectivity index (χ1) is 16.0. The van der Waals surface area contributed by atoms with Gasteiger partial charge in [-0.3, -0.25) is 4.79 Å². The number of aryl methyl sites for hydroxylation is 1. The summed E-state index contributed by atoms with van der Waals surface area (Å²) in [7, 11) is 3.52. The molecule has 2 atom stereocenters. The molecule has 0 spiro atoms. The van der Waals surface area contributed by atoms with E-state index >= 15 is 0 Å². The number of carbonyl (C=O) groups excluding carboxylic acids is 1. The van der Waals surface area contributed by atoms with Crippen LogP contribution in [0.4, 0.5) is 5.69 Å². The summed E-state index contributed by atoms with van der Waals surface area (Å²) in [5, 5.41) is 7.21. The van der Waals surface area contributed by atoms with Gasteiger partial charge in [0.2, 0.25) is 5.91 Å². The molecule has 0 aromatic heterocycles. The SMILES string of the molecule is Cc1ccc(N2CCCC(NC(=NCC(=O)N(C)C)NC3CCOc4ccccc43)C2)cc1. The van der Waals surface area contributed by atoms with Crippen molar-refractivity contribution < 1.29 is 9.53 Å². The van der Waals surface area contributed by atoms with Crippen molar-refractivity contribution in [1.29, 1.82) is 0 Å². The second kappa shape index (κ2) is 10.6. The number of anilines is 1. The van der Waals surface area contributed by atoms with Gasteiger partial charge in [-0.25, -0.2) is 4.99 Å². The number of nitrogens with zero attached hydrogens (tertiary/aromatic N) is 3. The van der Waals surface area contributed by atoms with Crippen LogP contribution in [0.5, 0.6) is 5.75 Å². The zero-order valence-electron chi connectivity index (χ0n) is 19.9. The van der Waals surface area contributed by atoms with Crippen molar-refractivity contribution >= 4 is 17.6 Å². The topological polar surface area (TPSA) is 69.2 Å². The minimum absolute atomic E-state index is 0.0200. The van der Waals surface area contributed by atoms with Gasteiger partial charge >= 0.3 is 0 Å². The number of piperidine rings is 1. The Hall–Kier alpha value is -3.22. The quantitative estimate of drug-likeness (QED) is 0.542. The van der Waals surface area contributed by atoms with E-state index in [2.05, 4.69) is 57.8 Å². The number of amides is 1. The summed E-state index contributed by atoms with van der Waals surface area (Å²) in [6.45, 7) is 4.83. The first kappa shape index (κ1) is 23.0. The number of guanidine groups is 1. The molecular formula is C26H35N5O2. The molecule has 4 rings (SSSR count). The number of hydrogen-bond donors (Lipinski definition) is 2. The van der Waals surface area contributed by atoms with Crippen LogP contribution in [0.15, 0.2) is 53.5 Å². The van der Waals surface area contributed by atoms with E-state index in [4.69, 9.17) is 4.74 Å². The van der Waals surface area contributed by atoms with Gasteiger partial charge in [0.25, 0.3) is 0 Å². The smallest absolute Gasteiger partial charge is 0.243 e. The third kappa shape index (κ3) is 5.97. The maximum absolute atomic E-state index is 12.2. The summed E-state index contributed by atoms with van der Waals surface area (Å²) >= 11 is 0. The number of ether oxygens (including phenoxy) is 1. The molecule has 1 amide bonds. The maximum atomic E-state index is 12.2. The van der Waals surface area contributed by atoms with Crippen molar-refractivity contribution in [3.8, 4) is 5.75 Å². The molecule has 2 unspecified atom stereocenters. The highest BCUT2D eigenvalue weighted by Crippen LogP contribution is 2.31. The minimum Gasteiger partial charge on any atom is -0.493 e. The first-order valence-electron chi connectivity index (χ1n) is 11.8. The van der Waals surface area contributed by atoms with Crippen LogP contribution < -0.4 is 20.3 Å². The molecule has 2 aromatic rings. The highest BCUT2D eigenvalue weighted by Gasteiger charge is 2.25. The van der Waals surface area contributed by atoms with E-state index in [0.29, 0.717) is 12.6 Å². The normalized spacial score (nSPS) is 20.5. The summed E-state index contributed by atoms with van der Waals surface area (Å²) in [6.07, 6.45) is 3.02.